The third-order valence-electron chi connectivity index (χ3n) is 2.26. The minimum Gasteiger partial charge on any atom is -0.391 e. The summed E-state index contributed by atoms with van der Waals surface area (Å²) in [6, 6.07) is 5.93. The zero-order valence-corrected chi connectivity index (χ0v) is 9.24. The molecule has 0 radical (unpaired) electrons. The monoisotopic (exact) mass is 225 g/mol. The Morgan fingerprint density at radius 1 is 1.56 bits per heavy atom. The van der Waals surface area contributed by atoms with Gasteiger partial charge in [-0.05, 0) is 24.1 Å². The zero-order chi connectivity index (χ0) is 12.0. The van der Waals surface area contributed by atoms with Gasteiger partial charge in [-0.15, -0.1) is 0 Å². The minimum atomic E-state index is -0.517. The van der Waals surface area contributed by atoms with Crippen molar-refractivity contribution in [2.24, 2.45) is 0 Å². The molecule has 0 heterocycles. The molecule has 0 aromatic heterocycles. The van der Waals surface area contributed by atoms with Crippen molar-refractivity contribution in [2.45, 2.75) is 25.9 Å². The Labute approximate surface area is 94.3 Å². The van der Waals surface area contributed by atoms with Crippen LogP contribution in [0.5, 0.6) is 0 Å². The average Bonchev–Trinajstić information content (AvgIpc) is 2.26. The van der Waals surface area contributed by atoms with Crippen LogP contribution in [0, 0.1) is 5.82 Å². The molecule has 3 nitrogen and oxygen atoms in total. The summed E-state index contributed by atoms with van der Waals surface area (Å²) in [4.78, 5) is 11.4. The molecule has 0 bridgehead atoms. The number of halogens is 1. The van der Waals surface area contributed by atoms with E-state index in [1.807, 2.05) is 6.92 Å². The molecular formula is C12H16FNO2. The fourth-order valence-electron chi connectivity index (χ4n) is 1.27. The second-order valence-corrected chi connectivity index (χ2v) is 3.67. The molecule has 0 aliphatic heterocycles. The van der Waals surface area contributed by atoms with Gasteiger partial charge in [-0.3, -0.25) is 4.79 Å². The SMILES string of the molecule is CCC(O)CNC(=O)Cc1cccc(F)c1. The lowest BCUT2D eigenvalue weighted by Gasteiger charge is -2.09. The highest BCUT2D eigenvalue weighted by molar-refractivity contribution is 5.78. The Hall–Kier alpha value is -1.42. The first kappa shape index (κ1) is 12.6. The predicted octanol–water partition coefficient (Wildman–Crippen LogP) is 1.26. The number of nitrogens with one attached hydrogen (secondary N) is 1. The maximum absolute atomic E-state index is 12.8. The second kappa shape index (κ2) is 6.23. The van der Waals surface area contributed by atoms with Gasteiger partial charge in [0.2, 0.25) is 5.91 Å². The molecule has 1 unspecified atom stereocenters. The second-order valence-electron chi connectivity index (χ2n) is 3.67. The van der Waals surface area contributed by atoms with E-state index in [9.17, 15) is 14.3 Å². The minimum absolute atomic E-state index is 0.133. The van der Waals surface area contributed by atoms with E-state index < -0.39 is 6.10 Å². The number of rotatable bonds is 5. The number of benzene rings is 1. The fourth-order valence-corrected chi connectivity index (χ4v) is 1.27. The molecule has 0 saturated heterocycles. The lowest BCUT2D eigenvalue weighted by Crippen LogP contribution is -2.32. The Kier molecular flexibility index (Phi) is 4.92. The summed E-state index contributed by atoms with van der Waals surface area (Å²) >= 11 is 0. The molecule has 88 valence electrons. The van der Waals surface area contributed by atoms with Crippen molar-refractivity contribution < 1.29 is 14.3 Å². The molecule has 0 aliphatic carbocycles. The molecule has 0 saturated carbocycles. The molecule has 1 aromatic rings. The molecule has 16 heavy (non-hydrogen) atoms. The van der Waals surface area contributed by atoms with Gasteiger partial charge in [-0.1, -0.05) is 19.1 Å². The number of carbonyl (C=O) groups is 1. The van der Waals surface area contributed by atoms with Crippen LogP contribution in [0.2, 0.25) is 0 Å². The molecule has 1 amide bonds. The molecule has 1 rings (SSSR count). The largest absolute Gasteiger partial charge is 0.391 e. The van der Waals surface area contributed by atoms with Gasteiger partial charge < -0.3 is 10.4 Å². The number of aliphatic hydroxyl groups is 1. The van der Waals surface area contributed by atoms with Gasteiger partial charge in [0, 0.05) is 6.54 Å². The number of hydrogen-bond acceptors (Lipinski definition) is 2. The summed E-state index contributed by atoms with van der Waals surface area (Å²) in [5.74, 6) is -0.558. The number of carbonyl (C=O) groups excluding carboxylic acids is 1. The maximum atomic E-state index is 12.8. The standard InChI is InChI=1S/C12H16FNO2/c1-2-11(15)8-14-12(16)7-9-4-3-5-10(13)6-9/h3-6,11,15H,2,7-8H2,1H3,(H,14,16). The predicted molar refractivity (Wildman–Crippen MR) is 59.4 cm³/mol. The smallest absolute Gasteiger partial charge is 0.224 e. The third kappa shape index (κ3) is 4.40. The van der Waals surface area contributed by atoms with Crippen LogP contribution in [0.25, 0.3) is 0 Å². The van der Waals surface area contributed by atoms with Crippen molar-refractivity contribution in [1.29, 1.82) is 0 Å². The Balaban J connectivity index is 2.40. The summed E-state index contributed by atoms with van der Waals surface area (Å²) in [6.45, 7) is 2.08. The van der Waals surface area contributed by atoms with Gasteiger partial charge in [0.25, 0.3) is 0 Å². The van der Waals surface area contributed by atoms with Crippen LogP contribution in [0.1, 0.15) is 18.9 Å². The maximum Gasteiger partial charge on any atom is 0.224 e. The van der Waals surface area contributed by atoms with Gasteiger partial charge in [-0.2, -0.15) is 0 Å². The quantitative estimate of drug-likeness (QED) is 0.792. The molecule has 0 aliphatic rings. The van der Waals surface area contributed by atoms with Gasteiger partial charge in [-0.25, -0.2) is 4.39 Å². The summed E-state index contributed by atoms with van der Waals surface area (Å²) in [6.07, 6.45) is 0.213. The highest BCUT2D eigenvalue weighted by Crippen LogP contribution is 2.04. The highest BCUT2D eigenvalue weighted by Gasteiger charge is 2.06. The van der Waals surface area contributed by atoms with Gasteiger partial charge in [0.1, 0.15) is 5.82 Å². The molecule has 0 spiro atoms. The van der Waals surface area contributed by atoms with E-state index in [2.05, 4.69) is 5.32 Å². The topological polar surface area (TPSA) is 49.3 Å². The Bertz CT molecular complexity index is 355. The Morgan fingerprint density at radius 2 is 2.31 bits per heavy atom. The molecule has 2 N–H and O–H groups in total. The third-order valence-corrected chi connectivity index (χ3v) is 2.26. The molecule has 0 fully saturated rings. The van der Waals surface area contributed by atoms with Crippen molar-refractivity contribution in [1.82, 2.24) is 5.32 Å². The van der Waals surface area contributed by atoms with Crippen molar-refractivity contribution in [3.8, 4) is 0 Å². The van der Waals surface area contributed by atoms with Crippen LogP contribution in [0.4, 0.5) is 4.39 Å². The first-order valence-corrected chi connectivity index (χ1v) is 5.31. The molecular weight excluding hydrogens is 209 g/mol. The van der Waals surface area contributed by atoms with Crippen LogP contribution in [-0.2, 0) is 11.2 Å². The van der Waals surface area contributed by atoms with E-state index in [1.165, 1.54) is 12.1 Å². The zero-order valence-electron chi connectivity index (χ0n) is 9.24. The molecule has 1 atom stereocenters. The average molecular weight is 225 g/mol. The first-order valence-electron chi connectivity index (χ1n) is 5.31. The van der Waals surface area contributed by atoms with Crippen LogP contribution >= 0.6 is 0 Å². The Morgan fingerprint density at radius 3 is 2.94 bits per heavy atom. The van der Waals surface area contributed by atoms with E-state index in [-0.39, 0.29) is 24.7 Å². The van der Waals surface area contributed by atoms with E-state index in [0.29, 0.717) is 12.0 Å². The molecule has 4 heteroatoms. The number of hydrogen-bond donors (Lipinski definition) is 2. The van der Waals surface area contributed by atoms with Crippen molar-refractivity contribution >= 4 is 5.91 Å². The van der Waals surface area contributed by atoms with Gasteiger partial charge >= 0.3 is 0 Å². The normalized spacial score (nSPS) is 12.2. The van der Waals surface area contributed by atoms with E-state index in [0.717, 1.165) is 0 Å². The van der Waals surface area contributed by atoms with E-state index in [4.69, 9.17) is 0 Å². The van der Waals surface area contributed by atoms with E-state index in [1.54, 1.807) is 12.1 Å². The van der Waals surface area contributed by atoms with Crippen LogP contribution in [0.15, 0.2) is 24.3 Å². The van der Waals surface area contributed by atoms with Crippen LogP contribution in [-0.4, -0.2) is 23.7 Å². The lowest BCUT2D eigenvalue weighted by molar-refractivity contribution is -0.120. The highest BCUT2D eigenvalue weighted by atomic mass is 19.1. The summed E-state index contributed by atoms with van der Waals surface area (Å²) in [7, 11) is 0. The first-order chi connectivity index (χ1) is 7.61. The molecule has 1 aromatic carbocycles. The number of aliphatic hydroxyl groups excluding tert-OH is 1. The van der Waals surface area contributed by atoms with Crippen molar-refractivity contribution in [2.75, 3.05) is 6.54 Å². The number of amides is 1. The summed E-state index contributed by atoms with van der Waals surface area (Å²) < 4.78 is 12.8. The van der Waals surface area contributed by atoms with Crippen LogP contribution < -0.4 is 5.32 Å². The fraction of sp³-hybridized carbons (Fsp3) is 0.417. The van der Waals surface area contributed by atoms with E-state index >= 15 is 0 Å². The van der Waals surface area contributed by atoms with Gasteiger partial charge in [0.05, 0.1) is 12.5 Å². The van der Waals surface area contributed by atoms with Crippen LogP contribution in [0.3, 0.4) is 0 Å². The summed E-state index contributed by atoms with van der Waals surface area (Å²) in [5.41, 5.74) is 0.628. The summed E-state index contributed by atoms with van der Waals surface area (Å²) in [5, 5.41) is 11.8. The van der Waals surface area contributed by atoms with Crippen molar-refractivity contribution in [3.63, 3.8) is 0 Å². The van der Waals surface area contributed by atoms with Gasteiger partial charge in [0.15, 0.2) is 0 Å². The lowest BCUT2D eigenvalue weighted by atomic mass is 10.1. The van der Waals surface area contributed by atoms with Crippen molar-refractivity contribution in [3.05, 3.63) is 35.6 Å².